The molecule has 5 heteroatoms. The van der Waals surface area contributed by atoms with E-state index in [1.165, 1.54) is 5.69 Å². The van der Waals surface area contributed by atoms with Crippen molar-refractivity contribution in [2.45, 2.75) is 57.6 Å². The Balaban J connectivity index is 1.48. The number of aliphatic hydroxyl groups excluding tert-OH is 1. The first kappa shape index (κ1) is 18.2. The molecule has 5 nitrogen and oxygen atoms in total. The number of benzene rings is 1. The van der Waals surface area contributed by atoms with Crippen LogP contribution in [-0.2, 0) is 4.79 Å². The quantitative estimate of drug-likeness (QED) is 0.874. The lowest BCUT2D eigenvalue weighted by atomic mass is 9.91. The van der Waals surface area contributed by atoms with Crippen molar-refractivity contribution in [1.29, 1.82) is 0 Å². The summed E-state index contributed by atoms with van der Waals surface area (Å²) >= 11 is 0. The van der Waals surface area contributed by atoms with Gasteiger partial charge in [-0.15, -0.1) is 0 Å². The van der Waals surface area contributed by atoms with Crippen LogP contribution in [-0.4, -0.2) is 41.2 Å². The molecule has 1 aromatic carbocycles. The zero-order chi connectivity index (χ0) is 18.8. The van der Waals surface area contributed by atoms with Gasteiger partial charge in [-0.3, -0.25) is 9.78 Å². The van der Waals surface area contributed by atoms with Crippen molar-refractivity contribution in [1.82, 2.24) is 10.3 Å². The summed E-state index contributed by atoms with van der Waals surface area (Å²) in [5.41, 5.74) is 3.22. The normalized spacial score (nSPS) is 26.1. The summed E-state index contributed by atoms with van der Waals surface area (Å²) in [7, 11) is 0. The lowest BCUT2D eigenvalue weighted by Crippen LogP contribution is -2.47. The van der Waals surface area contributed by atoms with Crippen molar-refractivity contribution < 1.29 is 9.90 Å². The van der Waals surface area contributed by atoms with Gasteiger partial charge in [0.05, 0.1) is 17.5 Å². The number of carbonyl (C=O) groups is 1. The Labute approximate surface area is 160 Å². The number of aryl methyl sites for hydroxylation is 1. The van der Waals surface area contributed by atoms with Crippen molar-refractivity contribution in [2.24, 2.45) is 5.92 Å². The second-order valence-corrected chi connectivity index (χ2v) is 8.10. The second kappa shape index (κ2) is 7.85. The van der Waals surface area contributed by atoms with E-state index in [0.717, 1.165) is 68.2 Å². The molecule has 4 rings (SSSR count). The van der Waals surface area contributed by atoms with E-state index in [-0.39, 0.29) is 24.0 Å². The molecule has 144 valence electrons. The molecule has 1 aliphatic carbocycles. The van der Waals surface area contributed by atoms with Crippen LogP contribution in [0.4, 0.5) is 5.69 Å². The Morgan fingerprint density at radius 3 is 2.78 bits per heavy atom. The molecule has 2 aromatic rings. The first-order chi connectivity index (χ1) is 13.1. The number of rotatable bonds is 3. The van der Waals surface area contributed by atoms with Gasteiger partial charge in [-0.25, -0.2) is 0 Å². The van der Waals surface area contributed by atoms with Crippen LogP contribution in [0.25, 0.3) is 10.9 Å². The highest BCUT2D eigenvalue weighted by atomic mass is 16.3. The summed E-state index contributed by atoms with van der Waals surface area (Å²) in [6.07, 6.45) is 5.14. The zero-order valence-corrected chi connectivity index (χ0v) is 16.0. The standard InChI is InChI=1S/C22H29N3O2/c1-15-13-21(19-6-2-3-7-20(19)23-15)25-12-4-5-16(14-25)22(27)24-17-8-10-18(26)11-9-17/h2-3,6-7,13,16-18,26H,4-5,8-12,14H2,1H3,(H,24,27). The van der Waals surface area contributed by atoms with Crippen LogP contribution in [0.2, 0.25) is 0 Å². The Hall–Kier alpha value is -2.14. The summed E-state index contributed by atoms with van der Waals surface area (Å²) in [5, 5.41) is 14.1. The molecule has 0 radical (unpaired) electrons. The van der Waals surface area contributed by atoms with Crippen molar-refractivity contribution in [2.75, 3.05) is 18.0 Å². The number of piperidine rings is 1. The number of para-hydroxylation sites is 1. The Kier molecular flexibility index (Phi) is 5.30. The molecule has 1 saturated heterocycles. The fraction of sp³-hybridized carbons (Fsp3) is 0.545. The number of fused-ring (bicyclic) bond motifs is 1. The molecule has 0 bridgehead atoms. The molecule has 1 aromatic heterocycles. The zero-order valence-electron chi connectivity index (χ0n) is 16.0. The van der Waals surface area contributed by atoms with Gasteiger partial charge in [0, 0.05) is 35.9 Å². The number of nitrogens with one attached hydrogen (secondary N) is 1. The largest absolute Gasteiger partial charge is 0.393 e. The number of aromatic nitrogens is 1. The van der Waals surface area contributed by atoms with Crippen LogP contribution in [0.3, 0.4) is 0 Å². The van der Waals surface area contributed by atoms with Crippen molar-refractivity contribution >= 4 is 22.5 Å². The van der Waals surface area contributed by atoms with Crippen LogP contribution in [0.15, 0.2) is 30.3 Å². The van der Waals surface area contributed by atoms with Gasteiger partial charge in [0.25, 0.3) is 0 Å². The van der Waals surface area contributed by atoms with E-state index >= 15 is 0 Å². The summed E-state index contributed by atoms with van der Waals surface area (Å²) in [6, 6.07) is 10.6. The fourth-order valence-electron chi connectivity index (χ4n) is 4.50. The van der Waals surface area contributed by atoms with E-state index in [1.807, 2.05) is 13.0 Å². The Bertz CT molecular complexity index is 814. The van der Waals surface area contributed by atoms with Gasteiger partial charge in [0.1, 0.15) is 0 Å². The second-order valence-electron chi connectivity index (χ2n) is 8.10. The highest BCUT2D eigenvalue weighted by Crippen LogP contribution is 2.30. The topological polar surface area (TPSA) is 65.5 Å². The van der Waals surface area contributed by atoms with E-state index in [0.29, 0.717) is 0 Å². The third-order valence-electron chi connectivity index (χ3n) is 6.00. The summed E-state index contributed by atoms with van der Waals surface area (Å²) in [4.78, 5) is 19.8. The number of aliphatic hydroxyl groups is 1. The van der Waals surface area contributed by atoms with Crippen LogP contribution in [0.5, 0.6) is 0 Å². The van der Waals surface area contributed by atoms with E-state index in [9.17, 15) is 9.90 Å². The van der Waals surface area contributed by atoms with Gasteiger partial charge < -0.3 is 15.3 Å². The molecule has 2 aliphatic rings. The first-order valence-corrected chi connectivity index (χ1v) is 10.2. The molecule has 27 heavy (non-hydrogen) atoms. The number of pyridine rings is 1. The molecule has 2 fully saturated rings. The van der Waals surface area contributed by atoms with Crippen LogP contribution >= 0.6 is 0 Å². The number of hydrogen-bond donors (Lipinski definition) is 2. The maximum Gasteiger partial charge on any atom is 0.225 e. The number of hydrogen-bond acceptors (Lipinski definition) is 4. The first-order valence-electron chi connectivity index (χ1n) is 10.2. The van der Waals surface area contributed by atoms with Gasteiger partial charge in [0.2, 0.25) is 5.91 Å². The molecule has 0 spiro atoms. The Morgan fingerprint density at radius 2 is 1.96 bits per heavy atom. The summed E-state index contributed by atoms with van der Waals surface area (Å²) in [5.74, 6) is 0.203. The predicted molar refractivity (Wildman–Crippen MR) is 108 cm³/mol. The highest BCUT2D eigenvalue weighted by molar-refractivity contribution is 5.92. The minimum absolute atomic E-state index is 0.0258. The van der Waals surface area contributed by atoms with Crippen molar-refractivity contribution in [3.63, 3.8) is 0 Å². The monoisotopic (exact) mass is 367 g/mol. The molecule has 1 saturated carbocycles. The van der Waals surface area contributed by atoms with Crippen LogP contribution < -0.4 is 10.2 Å². The smallest absolute Gasteiger partial charge is 0.225 e. The molecule has 1 aliphatic heterocycles. The minimum Gasteiger partial charge on any atom is -0.393 e. The number of carbonyl (C=O) groups excluding carboxylic acids is 1. The van der Waals surface area contributed by atoms with E-state index in [2.05, 4.69) is 39.5 Å². The molecular weight excluding hydrogens is 338 g/mol. The minimum atomic E-state index is -0.188. The SMILES string of the molecule is Cc1cc(N2CCCC(C(=O)NC3CCC(O)CC3)C2)c2ccccc2n1. The molecular formula is C22H29N3O2. The maximum absolute atomic E-state index is 12.8. The van der Waals surface area contributed by atoms with Crippen LogP contribution in [0.1, 0.15) is 44.2 Å². The molecule has 2 heterocycles. The summed E-state index contributed by atoms with van der Waals surface area (Å²) < 4.78 is 0. The average Bonchev–Trinajstić information content (AvgIpc) is 2.69. The molecule has 1 amide bonds. The molecule has 2 N–H and O–H groups in total. The fourth-order valence-corrected chi connectivity index (χ4v) is 4.50. The van der Waals surface area contributed by atoms with Gasteiger partial charge in [0.15, 0.2) is 0 Å². The number of amides is 1. The Morgan fingerprint density at radius 1 is 1.19 bits per heavy atom. The average molecular weight is 367 g/mol. The number of nitrogens with zero attached hydrogens (tertiary/aromatic N) is 2. The summed E-state index contributed by atoms with van der Waals surface area (Å²) in [6.45, 7) is 3.77. The van der Waals surface area contributed by atoms with E-state index in [1.54, 1.807) is 0 Å². The van der Waals surface area contributed by atoms with E-state index in [4.69, 9.17) is 0 Å². The molecule has 1 atom stereocenters. The van der Waals surface area contributed by atoms with Crippen molar-refractivity contribution in [3.05, 3.63) is 36.0 Å². The predicted octanol–water partition coefficient (Wildman–Crippen LogP) is 3.18. The van der Waals surface area contributed by atoms with Crippen LogP contribution in [0, 0.1) is 12.8 Å². The van der Waals surface area contributed by atoms with Gasteiger partial charge in [-0.05, 0) is 57.6 Å². The third-order valence-corrected chi connectivity index (χ3v) is 6.00. The van der Waals surface area contributed by atoms with Crippen molar-refractivity contribution in [3.8, 4) is 0 Å². The van der Waals surface area contributed by atoms with Gasteiger partial charge in [-0.1, -0.05) is 18.2 Å². The highest BCUT2D eigenvalue weighted by Gasteiger charge is 2.29. The third kappa shape index (κ3) is 4.08. The lowest BCUT2D eigenvalue weighted by molar-refractivity contribution is -0.126. The molecule has 1 unspecified atom stereocenters. The van der Waals surface area contributed by atoms with Gasteiger partial charge >= 0.3 is 0 Å². The number of anilines is 1. The van der Waals surface area contributed by atoms with Gasteiger partial charge in [-0.2, -0.15) is 0 Å². The lowest BCUT2D eigenvalue weighted by Gasteiger charge is -2.35. The maximum atomic E-state index is 12.8. The van der Waals surface area contributed by atoms with E-state index < -0.39 is 0 Å².